The number of phenols is 1. The molecule has 0 spiro atoms. The van der Waals surface area contributed by atoms with Crippen molar-refractivity contribution in [3.8, 4) is 118 Å². The first-order valence-corrected chi connectivity index (χ1v) is 45.2. The van der Waals surface area contributed by atoms with E-state index in [1.807, 2.05) is 193 Å². The average molecular weight is 1850 g/mol. The highest BCUT2D eigenvalue weighted by Crippen LogP contribution is 2.37. The molecule has 4 N–H and O–H groups in total. The van der Waals surface area contributed by atoms with Gasteiger partial charge in [-0.2, -0.15) is 15.6 Å². The van der Waals surface area contributed by atoms with Gasteiger partial charge in [0, 0.05) is 68.8 Å². The first kappa shape index (κ1) is 89.5. The van der Waals surface area contributed by atoms with Gasteiger partial charge in [0.2, 0.25) is 17.5 Å². The lowest BCUT2D eigenvalue weighted by Crippen LogP contribution is -1.98. The Balaban J connectivity index is 0.000000108. The number of aromatic hydroxyl groups is 1. The molecule has 0 fully saturated rings. The lowest BCUT2D eigenvalue weighted by atomic mass is 10.0. The van der Waals surface area contributed by atoms with E-state index in [0.717, 1.165) is 161 Å². The number of aromatic amines is 3. The molecule has 10 heterocycles. The topological polar surface area (TPSA) is 327 Å². The molecule has 25 rings (SSSR count). The van der Waals surface area contributed by atoms with Crippen LogP contribution in [0.1, 0.15) is 35.2 Å². The summed E-state index contributed by atoms with van der Waals surface area (Å²) in [5.74, 6) is 3.11. The van der Waals surface area contributed by atoms with E-state index in [2.05, 4.69) is 326 Å². The maximum absolute atomic E-state index is 10.1. The molecule has 141 heavy (non-hydrogen) atoms. The van der Waals surface area contributed by atoms with Crippen LogP contribution in [0.5, 0.6) is 17.2 Å². The summed E-state index contributed by atoms with van der Waals surface area (Å²) >= 11 is 0. The summed E-state index contributed by atoms with van der Waals surface area (Å²) in [4.78, 5) is 30.6. The van der Waals surface area contributed by atoms with Gasteiger partial charge in [0.25, 0.3) is 0 Å². The van der Waals surface area contributed by atoms with Gasteiger partial charge in [-0.3, -0.25) is 0 Å². The lowest BCUT2D eigenvalue weighted by Gasteiger charge is -2.12. The molecule has 0 unspecified atom stereocenters. The fraction of sp³-hybridized carbons (Fsp3) is 0.0714. The maximum Gasteiger partial charge on any atom is 0.208 e. The van der Waals surface area contributed by atoms with E-state index in [1.54, 1.807) is 39.0 Å². The Morgan fingerprint density at radius 2 is 0.582 bits per heavy atom. The standard InChI is InChI=1S/C24H20N4O.C23H18N4.C22H18N6O.C21H16N6O.C21H16N6.CH4/c1-29-24-11-10-20(14-23(24)27-13-12-25-16-27)19-8-6-18(7-9-19)15-28-17-26-21-4-2-3-5-22(21)28;1-2-7-23-22(6-1)25-17-27(23)15-18-8-10-19(11-9-18)20-4-3-5-21(14-20)26-13-12-24-16-26;1-29-21-11-10-17(12-18(21)22-24-26-27-25-22)16-8-6-15(7-9-16)13-28-14-23-19-4-2-3-5-20(19)28;28-20-10-9-16(11-17(20)21-23-25-26-24-21)15-7-5-14(6-8-15)12-27-13-22-18-3-1-2-4-19(18)27;1-2-7-20-19(6-1)22-14-27(20)13-15-8-10-16(11-9-15)17-4-3-5-18(12-17)21-23-25-26-24-21;/h2-14,16-17H,15H2,1H3;1-14,16-17H,15H2;2-12,14H,13H2,1H3,(H,24,25,26,27);1-11,13,28H,12H2,(H,23,24,25,26);1-12,14H,13H2,(H,23,24,25,26);1H4. The second-order valence-electron chi connectivity index (χ2n) is 33.1. The Hall–Kier alpha value is -19.3. The molecule has 0 radical (unpaired) electrons. The number of hydrogen-bond donors (Lipinski definition) is 4. The van der Waals surface area contributed by atoms with Gasteiger partial charge in [-0.05, 0) is 214 Å². The molecule has 0 aliphatic carbocycles. The van der Waals surface area contributed by atoms with Crippen LogP contribution in [0.3, 0.4) is 0 Å². The summed E-state index contributed by atoms with van der Waals surface area (Å²) in [5, 5.41) is 52.4. The first-order chi connectivity index (χ1) is 69.1. The number of hydrogen-bond acceptors (Lipinski definition) is 19. The van der Waals surface area contributed by atoms with Crippen molar-refractivity contribution in [1.82, 2.24) is 129 Å². The van der Waals surface area contributed by atoms with Crippen molar-refractivity contribution < 1.29 is 14.6 Å². The van der Waals surface area contributed by atoms with E-state index in [9.17, 15) is 5.11 Å². The van der Waals surface area contributed by atoms with Crippen molar-refractivity contribution >= 4 is 55.2 Å². The van der Waals surface area contributed by atoms with Crippen LogP contribution in [-0.4, -0.2) is 148 Å². The number of tetrazole rings is 3. The van der Waals surface area contributed by atoms with E-state index >= 15 is 0 Å². The number of benzene rings is 15. The quantitative estimate of drug-likeness (QED) is 0.0490. The number of methoxy groups -OCH3 is 2. The van der Waals surface area contributed by atoms with Crippen molar-refractivity contribution in [1.29, 1.82) is 0 Å². The number of para-hydroxylation sites is 10. The van der Waals surface area contributed by atoms with Crippen LogP contribution in [0, 0.1) is 0 Å². The molecule has 0 aliphatic heterocycles. The Labute approximate surface area is 809 Å². The highest BCUT2D eigenvalue weighted by Gasteiger charge is 2.18. The number of fused-ring (bicyclic) bond motifs is 5. The number of aromatic nitrogens is 26. The number of phenolic OH excluding ortho intramolecular Hbond substituents is 1. The zero-order valence-corrected chi connectivity index (χ0v) is 75.8. The zero-order chi connectivity index (χ0) is 94.3. The molecule has 29 heteroatoms. The fourth-order valence-corrected chi connectivity index (χ4v) is 17.0. The van der Waals surface area contributed by atoms with Crippen LogP contribution in [0.4, 0.5) is 0 Å². The molecule has 0 aliphatic rings. The predicted molar refractivity (Wildman–Crippen MR) is 549 cm³/mol. The van der Waals surface area contributed by atoms with Crippen molar-refractivity contribution in [2.75, 3.05) is 14.2 Å². The van der Waals surface area contributed by atoms with Crippen LogP contribution < -0.4 is 9.47 Å². The van der Waals surface area contributed by atoms with E-state index in [4.69, 9.17) is 9.47 Å². The Morgan fingerprint density at radius 3 is 0.950 bits per heavy atom. The average Bonchev–Trinajstić information content (AvgIpc) is 1.70. The summed E-state index contributed by atoms with van der Waals surface area (Å²) in [7, 11) is 3.32. The molecule has 29 nitrogen and oxygen atoms in total. The molecule has 0 bridgehead atoms. The minimum absolute atomic E-state index is 0. The summed E-state index contributed by atoms with van der Waals surface area (Å²) < 4.78 is 25.8. The molecule has 25 aromatic rings. The largest absolute Gasteiger partial charge is 0.507 e. The smallest absolute Gasteiger partial charge is 0.208 e. The SMILES string of the molecule is C.COc1ccc(-c2ccc(Cn3cnc4ccccc43)cc2)cc1-c1nn[nH]n1.COc1ccc(-c2ccc(Cn3cnc4ccccc43)cc2)cc1-n1ccnc1.Oc1ccc(-c2ccc(Cn3cnc4ccccc43)cc2)cc1-c1nn[nH]n1.c1cc(-c2ccc(Cn3cnc4ccccc43)cc2)cc(-c2nn[nH]n2)c1.c1cc(-c2ccc(Cn3cnc4ccccc43)cc2)cc(-n2ccnc2)c1. The number of imidazole rings is 7. The number of rotatable bonds is 22. The maximum atomic E-state index is 10.1. The van der Waals surface area contributed by atoms with Gasteiger partial charge < -0.3 is 46.5 Å². The first-order valence-electron chi connectivity index (χ1n) is 45.2. The van der Waals surface area contributed by atoms with Crippen molar-refractivity contribution in [3.05, 3.63) is 443 Å². The summed E-state index contributed by atoms with van der Waals surface area (Å²) in [6, 6.07) is 118. The number of H-pyrrole nitrogens is 3. The molecular weight excluding hydrogens is 1760 g/mol. The molecular formula is C112H92N26O3. The van der Waals surface area contributed by atoms with Crippen molar-refractivity contribution in [2.24, 2.45) is 0 Å². The molecule has 0 saturated carbocycles. The second-order valence-corrected chi connectivity index (χ2v) is 33.1. The fourth-order valence-electron chi connectivity index (χ4n) is 17.0. The van der Waals surface area contributed by atoms with Gasteiger partial charge in [-0.1, -0.05) is 238 Å². The molecule has 10 aromatic heterocycles. The Bertz CT molecular complexity index is 8030. The highest BCUT2D eigenvalue weighted by molar-refractivity contribution is 5.82. The van der Waals surface area contributed by atoms with Gasteiger partial charge in [-0.15, -0.1) is 30.6 Å². The van der Waals surface area contributed by atoms with E-state index in [-0.39, 0.29) is 13.2 Å². The third kappa shape index (κ3) is 20.4. The van der Waals surface area contributed by atoms with E-state index in [1.165, 1.54) is 38.9 Å². The summed E-state index contributed by atoms with van der Waals surface area (Å²) in [5.41, 5.74) is 32.4. The van der Waals surface area contributed by atoms with Gasteiger partial charge in [-0.25, -0.2) is 34.9 Å². The number of nitrogens with one attached hydrogen (secondary N) is 3. The second kappa shape index (κ2) is 41.7. The lowest BCUT2D eigenvalue weighted by molar-refractivity contribution is 0.413. The normalized spacial score (nSPS) is 11.0. The van der Waals surface area contributed by atoms with Gasteiger partial charge in [0.15, 0.2) is 0 Å². The Morgan fingerprint density at radius 1 is 0.270 bits per heavy atom. The molecule has 0 saturated heterocycles. The van der Waals surface area contributed by atoms with Crippen LogP contribution in [-0.2, 0) is 32.7 Å². The minimum atomic E-state index is 0. The molecule has 15 aromatic carbocycles. The number of nitrogens with zero attached hydrogens (tertiary/aromatic N) is 23. The van der Waals surface area contributed by atoms with Gasteiger partial charge in [0.1, 0.15) is 17.2 Å². The third-order valence-electron chi connectivity index (χ3n) is 24.3. The highest BCUT2D eigenvalue weighted by atomic mass is 16.5. The Kier molecular flexibility index (Phi) is 26.5. The van der Waals surface area contributed by atoms with Crippen LogP contribution in [0.25, 0.3) is 156 Å². The van der Waals surface area contributed by atoms with Gasteiger partial charge in [0.05, 0.1) is 130 Å². The molecule has 0 atom stereocenters. The van der Waals surface area contributed by atoms with Crippen LogP contribution in [0.2, 0.25) is 0 Å². The molecule has 688 valence electrons. The minimum Gasteiger partial charge on any atom is -0.507 e. The predicted octanol–water partition coefficient (Wildman–Crippen LogP) is 22.0. The number of ether oxygens (including phenoxy) is 2. The van der Waals surface area contributed by atoms with Crippen molar-refractivity contribution in [2.45, 2.75) is 40.2 Å². The summed E-state index contributed by atoms with van der Waals surface area (Å²) in [6.45, 7) is 3.94. The van der Waals surface area contributed by atoms with E-state index < -0.39 is 0 Å². The van der Waals surface area contributed by atoms with E-state index in [0.29, 0.717) is 28.8 Å². The zero-order valence-electron chi connectivity index (χ0n) is 75.8. The van der Waals surface area contributed by atoms with Crippen molar-refractivity contribution in [3.63, 3.8) is 0 Å². The van der Waals surface area contributed by atoms with Crippen LogP contribution >= 0.6 is 0 Å². The summed E-state index contributed by atoms with van der Waals surface area (Å²) in [6.07, 6.45) is 20.5. The monoisotopic (exact) mass is 1850 g/mol. The molecule has 0 amide bonds. The van der Waals surface area contributed by atoms with Crippen LogP contribution in [0.15, 0.2) is 415 Å². The third-order valence-corrected chi connectivity index (χ3v) is 24.3. The van der Waals surface area contributed by atoms with Gasteiger partial charge >= 0.3 is 0 Å².